The van der Waals surface area contributed by atoms with Crippen molar-refractivity contribution in [3.05, 3.63) is 18.0 Å². The van der Waals surface area contributed by atoms with E-state index in [-0.39, 0.29) is 0 Å². The van der Waals surface area contributed by atoms with Crippen LogP contribution in [-0.4, -0.2) is 34.3 Å². The Morgan fingerprint density at radius 2 is 2.27 bits per heavy atom. The van der Waals surface area contributed by atoms with Gasteiger partial charge in [0.25, 0.3) is 0 Å². The Morgan fingerprint density at radius 1 is 1.60 bits per heavy atom. The Kier molecular flexibility index (Phi) is 3.70. The second-order valence-corrected chi connectivity index (χ2v) is 3.09. The van der Waals surface area contributed by atoms with Crippen LogP contribution in [0.1, 0.15) is 11.7 Å². The van der Waals surface area contributed by atoms with Crippen molar-refractivity contribution in [2.75, 3.05) is 13.2 Å². The predicted molar refractivity (Wildman–Crippen MR) is 45.0 cm³/mol. The third-order valence-electron chi connectivity index (χ3n) is 1.65. The van der Waals surface area contributed by atoms with E-state index in [1.54, 1.807) is 7.05 Å². The predicted octanol–water partition coefficient (Wildman–Crippen LogP) is 1.03. The van der Waals surface area contributed by atoms with Crippen LogP contribution in [0.5, 0.6) is 0 Å². The minimum absolute atomic E-state index is 0.398. The zero-order valence-electron chi connectivity index (χ0n) is 8.03. The highest BCUT2D eigenvalue weighted by Gasteiger charge is 2.27. The minimum atomic E-state index is -4.37. The molecule has 0 saturated carbocycles. The third-order valence-corrected chi connectivity index (χ3v) is 1.65. The van der Waals surface area contributed by atoms with Gasteiger partial charge in [0.05, 0.1) is 12.8 Å². The monoisotopic (exact) mass is 224 g/mol. The van der Waals surface area contributed by atoms with Gasteiger partial charge in [-0.2, -0.15) is 18.3 Å². The van der Waals surface area contributed by atoms with Crippen LogP contribution in [0.25, 0.3) is 0 Å². The number of aliphatic hydroxyl groups excluding tert-OH is 1. The zero-order valence-corrected chi connectivity index (χ0v) is 8.03. The Hall–Kier alpha value is -1.08. The number of halogens is 3. The third kappa shape index (κ3) is 4.30. The van der Waals surface area contributed by atoms with Gasteiger partial charge in [0, 0.05) is 18.8 Å². The molecule has 0 spiro atoms. The van der Waals surface area contributed by atoms with Gasteiger partial charge in [-0.3, -0.25) is 4.68 Å². The Morgan fingerprint density at radius 3 is 2.73 bits per heavy atom. The first-order chi connectivity index (χ1) is 6.88. The topological polar surface area (TPSA) is 47.3 Å². The number of hydrogen-bond acceptors (Lipinski definition) is 3. The van der Waals surface area contributed by atoms with Crippen LogP contribution in [0.4, 0.5) is 13.2 Å². The molecule has 0 aliphatic carbocycles. The molecule has 1 aromatic rings. The van der Waals surface area contributed by atoms with Crippen LogP contribution in [0, 0.1) is 0 Å². The molecule has 1 unspecified atom stereocenters. The highest BCUT2D eigenvalue weighted by Crippen LogP contribution is 2.17. The molecule has 1 rings (SSSR count). The Balaban J connectivity index is 2.34. The molecule has 4 nitrogen and oxygen atoms in total. The van der Waals surface area contributed by atoms with Gasteiger partial charge in [-0.15, -0.1) is 0 Å². The summed E-state index contributed by atoms with van der Waals surface area (Å²) in [4.78, 5) is 0. The second kappa shape index (κ2) is 4.63. The maximum Gasteiger partial charge on any atom is 0.411 e. The maximum atomic E-state index is 11.7. The van der Waals surface area contributed by atoms with E-state index in [9.17, 15) is 18.3 Å². The van der Waals surface area contributed by atoms with E-state index >= 15 is 0 Å². The molecule has 1 heterocycles. The first kappa shape index (κ1) is 12.0. The van der Waals surface area contributed by atoms with E-state index in [2.05, 4.69) is 9.84 Å². The van der Waals surface area contributed by atoms with Gasteiger partial charge in [0.15, 0.2) is 0 Å². The second-order valence-electron chi connectivity index (χ2n) is 3.09. The number of aryl methyl sites for hydroxylation is 1. The van der Waals surface area contributed by atoms with Gasteiger partial charge >= 0.3 is 6.18 Å². The summed E-state index contributed by atoms with van der Waals surface area (Å²) in [6.45, 7) is -1.75. The van der Waals surface area contributed by atoms with E-state index in [0.717, 1.165) is 0 Å². The fraction of sp³-hybridized carbons (Fsp3) is 0.625. The van der Waals surface area contributed by atoms with Gasteiger partial charge in [0.2, 0.25) is 0 Å². The molecule has 0 amide bonds. The molecule has 0 aliphatic rings. The minimum Gasteiger partial charge on any atom is -0.386 e. The van der Waals surface area contributed by atoms with Gasteiger partial charge in [0.1, 0.15) is 12.7 Å². The summed E-state index contributed by atoms with van der Waals surface area (Å²) in [7, 11) is 1.65. The van der Waals surface area contributed by atoms with E-state index < -0.39 is 25.5 Å². The number of rotatable bonds is 4. The van der Waals surface area contributed by atoms with Crippen LogP contribution < -0.4 is 0 Å². The number of aliphatic hydroxyl groups is 1. The van der Waals surface area contributed by atoms with Gasteiger partial charge in [-0.1, -0.05) is 0 Å². The maximum absolute atomic E-state index is 11.7. The number of alkyl halides is 3. The Bertz CT molecular complexity index is 311. The first-order valence-corrected chi connectivity index (χ1v) is 4.19. The summed E-state index contributed by atoms with van der Waals surface area (Å²) >= 11 is 0. The summed E-state index contributed by atoms with van der Waals surface area (Å²) in [6.07, 6.45) is -2.56. The van der Waals surface area contributed by atoms with Crippen LogP contribution in [0.2, 0.25) is 0 Å². The lowest BCUT2D eigenvalue weighted by Crippen LogP contribution is -2.19. The van der Waals surface area contributed by atoms with E-state index in [1.165, 1.54) is 17.1 Å². The normalized spacial score (nSPS) is 14.2. The van der Waals surface area contributed by atoms with Crippen molar-refractivity contribution >= 4 is 0 Å². The number of aromatic nitrogens is 2. The lowest BCUT2D eigenvalue weighted by molar-refractivity contribution is -0.179. The number of ether oxygens (including phenoxy) is 1. The molecule has 0 fully saturated rings. The van der Waals surface area contributed by atoms with E-state index in [1.807, 2.05) is 0 Å². The first-order valence-electron chi connectivity index (χ1n) is 4.19. The van der Waals surface area contributed by atoms with Gasteiger partial charge in [-0.05, 0) is 0 Å². The van der Waals surface area contributed by atoms with Crippen molar-refractivity contribution in [2.45, 2.75) is 12.3 Å². The van der Waals surface area contributed by atoms with Gasteiger partial charge in [-0.25, -0.2) is 0 Å². The standard InChI is InChI=1S/C8H11F3N2O2/c1-13-3-6(2-12-13)7(14)4-15-5-8(9,10)11/h2-3,7,14H,4-5H2,1H3. The van der Waals surface area contributed by atoms with Crippen molar-refractivity contribution in [1.82, 2.24) is 9.78 Å². The summed E-state index contributed by atoms with van der Waals surface area (Å²) < 4.78 is 40.8. The molecule has 7 heteroatoms. The van der Waals surface area contributed by atoms with E-state index in [4.69, 9.17) is 0 Å². The molecule has 86 valence electrons. The molecule has 0 bridgehead atoms. The van der Waals surface area contributed by atoms with Crippen LogP contribution >= 0.6 is 0 Å². The lowest BCUT2D eigenvalue weighted by Gasteiger charge is -2.10. The average Bonchev–Trinajstić information content (AvgIpc) is 2.49. The average molecular weight is 224 g/mol. The molecule has 1 N–H and O–H groups in total. The molecule has 0 aromatic carbocycles. The van der Waals surface area contributed by atoms with Crippen molar-refractivity contribution < 1.29 is 23.0 Å². The molecule has 1 atom stereocenters. The molecule has 15 heavy (non-hydrogen) atoms. The summed E-state index contributed by atoms with van der Waals surface area (Å²) in [6, 6.07) is 0. The van der Waals surface area contributed by atoms with Crippen molar-refractivity contribution in [3.63, 3.8) is 0 Å². The Labute approximate surface area is 84.3 Å². The van der Waals surface area contributed by atoms with Gasteiger partial charge < -0.3 is 9.84 Å². The molecule has 1 aromatic heterocycles. The quantitative estimate of drug-likeness (QED) is 0.831. The number of hydrogen-bond donors (Lipinski definition) is 1. The molecule has 0 aliphatic heterocycles. The van der Waals surface area contributed by atoms with Crippen molar-refractivity contribution in [3.8, 4) is 0 Å². The van der Waals surface area contributed by atoms with Crippen molar-refractivity contribution in [1.29, 1.82) is 0 Å². The smallest absolute Gasteiger partial charge is 0.386 e. The summed E-state index contributed by atoms with van der Waals surface area (Å²) in [5.74, 6) is 0. The molecular formula is C8H11F3N2O2. The molecular weight excluding hydrogens is 213 g/mol. The van der Waals surface area contributed by atoms with E-state index in [0.29, 0.717) is 5.56 Å². The van der Waals surface area contributed by atoms with Crippen LogP contribution in [0.15, 0.2) is 12.4 Å². The zero-order chi connectivity index (χ0) is 11.5. The fourth-order valence-corrected chi connectivity index (χ4v) is 0.995. The lowest BCUT2D eigenvalue weighted by atomic mass is 10.2. The fourth-order valence-electron chi connectivity index (χ4n) is 0.995. The van der Waals surface area contributed by atoms with Crippen LogP contribution in [0.3, 0.4) is 0 Å². The number of nitrogens with zero attached hydrogens (tertiary/aromatic N) is 2. The molecule has 0 radical (unpaired) electrons. The summed E-state index contributed by atoms with van der Waals surface area (Å²) in [5.41, 5.74) is 0.430. The highest BCUT2D eigenvalue weighted by atomic mass is 19.4. The van der Waals surface area contributed by atoms with Crippen LogP contribution in [-0.2, 0) is 11.8 Å². The largest absolute Gasteiger partial charge is 0.411 e. The SMILES string of the molecule is Cn1cc(C(O)COCC(F)(F)F)cn1. The van der Waals surface area contributed by atoms with Crippen molar-refractivity contribution in [2.24, 2.45) is 7.05 Å². The molecule has 0 saturated heterocycles. The summed E-state index contributed by atoms with van der Waals surface area (Å²) in [5, 5.41) is 13.2. The highest BCUT2D eigenvalue weighted by molar-refractivity contribution is 5.07.